The van der Waals surface area contributed by atoms with Gasteiger partial charge in [-0.2, -0.15) is 0 Å². The number of rotatable bonds is 6. The van der Waals surface area contributed by atoms with Crippen LogP contribution in [0.2, 0.25) is 0 Å². The number of aromatic nitrogens is 2. The van der Waals surface area contributed by atoms with Crippen LogP contribution < -0.4 is 5.32 Å². The zero-order valence-electron chi connectivity index (χ0n) is 10.5. The summed E-state index contributed by atoms with van der Waals surface area (Å²) in [6.07, 6.45) is 2.13. The SMILES string of the molecule is CCNCCCc1nnc(-c2cc(C)c(Br)s2)s1. The highest BCUT2D eigenvalue weighted by Crippen LogP contribution is 2.36. The predicted molar refractivity (Wildman–Crippen MR) is 82.5 cm³/mol. The second-order valence-electron chi connectivity index (χ2n) is 4.03. The second-order valence-corrected chi connectivity index (χ2v) is 7.46. The van der Waals surface area contributed by atoms with Crippen molar-refractivity contribution in [3.63, 3.8) is 0 Å². The topological polar surface area (TPSA) is 37.8 Å². The van der Waals surface area contributed by atoms with E-state index in [0.29, 0.717) is 0 Å². The van der Waals surface area contributed by atoms with Gasteiger partial charge in [0.25, 0.3) is 0 Å². The largest absolute Gasteiger partial charge is 0.317 e. The van der Waals surface area contributed by atoms with Crippen molar-refractivity contribution in [1.82, 2.24) is 15.5 Å². The molecule has 18 heavy (non-hydrogen) atoms. The van der Waals surface area contributed by atoms with Gasteiger partial charge in [-0.05, 0) is 54.0 Å². The Hall–Kier alpha value is -0.300. The maximum atomic E-state index is 4.28. The van der Waals surface area contributed by atoms with Gasteiger partial charge in [0.1, 0.15) is 5.01 Å². The summed E-state index contributed by atoms with van der Waals surface area (Å²) in [5, 5.41) is 14.0. The molecular weight excluding hydrogens is 330 g/mol. The molecular formula is C12H16BrN3S2. The summed E-state index contributed by atoms with van der Waals surface area (Å²) < 4.78 is 1.18. The molecule has 2 aromatic rings. The van der Waals surface area contributed by atoms with Gasteiger partial charge in [-0.3, -0.25) is 0 Å². The Morgan fingerprint density at radius 2 is 2.17 bits per heavy atom. The number of nitrogens with zero attached hydrogens (tertiary/aromatic N) is 2. The molecule has 1 N–H and O–H groups in total. The van der Waals surface area contributed by atoms with Gasteiger partial charge in [-0.1, -0.05) is 18.3 Å². The predicted octanol–water partition coefficient (Wildman–Crippen LogP) is 3.88. The Labute approximate surface area is 124 Å². The average Bonchev–Trinajstić information content (AvgIpc) is 2.93. The summed E-state index contributed by atoms with van der Waals surface area (Å²) in [6.45, 7) is 6.31. The maximum Gasteiger partial charge on any atom is 0.157 e. The minimum Gasteiger partial charge on any atom is -0.317 e. The molecule has 0 atom stereocenters. The van der Waals surface area contributed by atoms with Crippen LogP contribution in [-0.2, 0) is 6.42 Å². The highest BCUT2D eigenvalue weighted by atomic mass is 79.9. The quantitative estimate of drug-likeness (QED) is 0.807. The molecule has 6 heteroatoms. The molecule has 0 aromatic carbocycles. The molecule has 0 spiro atoms. The average molecular weight is 346 g/mol. The van der Waals surface area contributed by atoms with Crippen LogP contribution in [0.25, 0.3) is 9.88 Å². The number of thiophene rings is 1. The summed E-state index contributed by atoms with van der Waals surface area (Å²) in [6, 6.07) is 2.16. The highest BCUT2D eigenvalue weighted by Gasteiger charge is 2.10. The van der Waals surface area contributed by atoms with E-state index < -0.39 is 0 Å². The van der Waals surface area contributed by atoms with Crippen molar-refractivity contribution < 1.29 is 0 Å². The van der Waals surface area contributed by atoms with Crippen LogP contribution in [0.5, 0.6) is 0 Å². The van der Waals surface area contributed by atoms with E-state index in [1.165, 1.54) is 14.2 Å². The number of hydrogen-bond donors (Lipinski definition) is 1. The zero-order valence-corrected chi connectivity index (χ0v) is 13.7. The lowest BCUT2D eigenvalue weighted by atomic mass is 10.3. The Kier molecular flexibility index (Phi) is 5.29. The molecule has 2 heterocycles. The molecule has 3 nitrogen and oxygen atoms in total. The Balaban J connectivity index is 1.97. The molecule has 2 rings (SSSR count). The van der Waals surface area contributed by atoms with Crippen LogP contribution in [0.3, 0.4) is 0 Å². The van der Waals surface area contributed by atoms with E-state index in [2.05, 4.69) is 51.4 Å². The van der Waals surface area contributed by atoms with Crippen LogP contribution >= 0.6 is 38.6 Å². The molecule has 0 bridgehead atoms. The lowest BCUT2D eigenvalue weighted by Gasteiger charge is -1.97. The van der Waals surface area contributed by atoms with Crippen molar-refractivity contribution in [3.8, 4) is 9.88 Å². The lowest BCUT2D eigenvalue weighted by molar-refractivity contribution is 0.669. The van der Waals surface area contributed by atoms with Gasteiger partial charge in [0.15, 0.2) is 5.01 Å². The first-order valence-electron chi connectivity index (χ1n) is 6.00. The standard InChI is InChI=1S/C12H16BrN3S2/c1-3-14-6-4-5-10-15-16-12(18-10)9-7-8(2)11(13)17-9/h7,14H,3-6H2,1-2H3. The number of aryl methyl sites for hydroxylation is 2. The van der Waals surface area contributed by atoms with Crippen molar-refractivity contribution in [2.24, 2.45) is 0 Å². The Morgan fingerprint density at radius 1 is 1.33 bits per heavy atom. The summed E-state index contributed by atoms with van der Waals surface area (Å²) in [4.78, 5) is 1.20. The Bertz CT molecular complexity index is 488. The van der Waals surface area contributed by atoms with Crippen LogP contribution in [-0.4, -0.2) is 23.3 Å². The van der Waals surface area contributed by atoms with E-state index >= 15 is 0 Å². The number of hydrogen-bond acceptors (Lipinski definition) is 5. The fourth-order valence-electron chi connectivity index (χ4n) is 1.56. The molecule has 0 aliphatic carbocycles. The van der Waals surface area contributed by atoms with E-state index in [9.17, 15) is 0 Å². The van der Waals surface area contributed by atoms with Crippen molar-refractivity contribution in [2.45, 2.75) is 26.7 Å². The first kappa shape index (κ1) is 14.1. The third-order valence-corrected chi connectivity index (χ3v) is 5.82. The zero-order chi connectivity index (χ0) is 13.0. The van der Waals surface area contributed by atoms with Gasteiger partial charge in [-0.15, -0.1) is 21.5 Å². The molecule has 0 saturated carbocycles. The third-order valence-electron chi connectivity index (χ3n) is 2.53. The van der Waals surface area contributed by atoms with Crippen molar-refractivity contribution in [2.75, 3.05) is 13.1 Å². The van der Waals surface area contributed by atoms with Crippen molar-refractivity contribution >= 4 is 38.6 Å². The van der Waals surface area contributed by atoms with Crippen LogP contribution in [0.1, 0.15) is 23.9 Å². The molecule has 98 valence electrons. The molecule has 0 unspecified atom stereocenters. The number of halogens is 1. The van der Waals surface area contributed by atoms with E-state index in [0.717, 1.165) is 35.9 Å². The van der Waals surface area contributed by atoms with E-state index in [1.807, 2.05) is 0 Å². The molecule has 0 aliphatic rings. The minimum atomic E-state index is 1.01. The highest BCUT2D eigenvalue weighted by molar-refractivity contribution is 9.11. The normalized spacial score (nSPS) is 11.1. The number of nitrogens with one attached hydrogen (secondary N) is 1. The molecule has 0 amide bonds. The summed E-state index contributed by atoms with van der Waals surface area (Å²) in [5.74, 6) is 0. The first-order valence-corrected chi connectivity index (χ1v) is 8.42. The van der Waals surface area contributed by atoms with Gasteiger partial charge in [0.2, 0.25) is 0 Å². The monoisotopic (exact) mass is 345 g/mol. The van der Waals surface area contributed by atoms with Crippen molar-refractivity contribution in [1.29, 1.82) is 0 Å². The van der Waals surface area contributed by atoms with E-state index in [1.54, 1.807) is 22.7 Å². The summed E-state index contributed by atoms with van der Waals surface area (Å²) in [7, 11) is 0. The fourth-order valence-corrected chi connectivity index (χ4v) is 4.02. The van der Waals surface area contributed by atoms with Crippen LogP contribution in [0.15, 0.2) is 9.85 Å². The first-order chi connectivity index (χ1) is 8.70. The van der Waals surface area contributed by atoms with E-state index in [-0.39, 0.29) is 0 Å². The van der Waals surface area contributed by atoms with Gasteiger partial charge < -0.3 is 5.32 Å². The lowest BCUT2D eigenvalue weighted by Crippen LogP contribution is -2.14. The molecule has 0 aliphatic heterocycles. The van der Waals surface area contributed by atoms with Crippen LogP contribution in [0, 0.1) is 6.92 Å². The van der Waals surface area contributed by atoms with Crippen molar-refractivity contribution in [3.05, 3.63) is 20.4 Å². The molecule has 0 fully saturated rings. The minimum absolute atomic E-state index is 1.01. The maximum absolute atomic E-state index is 4.28. The third kappa shape index (κ3) is 3.60. The van der Waals surface area contributed by atoms with Crippen LogP contribution in [0.4, 0.5) is 0 Å². The fraction of sp³-hybridized carbons (Fsp3) is 0.500. The molecule has 0 saturated heterocycles. The molecule has 0 radical (unpaired) electrons. The van der Waals surface area contributed by atoms with Gasteiger partial charge in [-0.25, -0.2) is 0 Å². The van der Waals surface area contributed by atoms with Gasteiger partial charge in [0.05, 0.1) is 8.66 Å². The van der Waals surface area contributed by atoms with Gasteiger partial charge >= 0.3 is 0 Å². The summed E-state index contributed by atoms with van der Waals surface area (Å²) in [5.41, 5.74) is 1.26. The summed E-state index contributed by atoms with van der Waals surface area (Å²) >= 11 is 6.98. The van der Waals surface area contributed by atoms with Gasteiger partial charge in [0, 0.05) is 6.42 Å². The Morgan fingerprint density at radius 3 is 2.83 bits per heavy atom. The van der Waals surface area contributed by atoms with E-state index in [4.69, 9.17) is 0 Å². The second kappa shape index (κ2) is 6.75. The molecule has 2 aromatic heterocycles. The smallest absolute Gasteiger partial charge is 0.157 e.